The third-order valence-corrected chi connectivity index (χ3v) is 3.74. The number of nitrogens with one attached hydrogen (secondary N) is 1. The second kappa shape index (κ2) is 8.67. The predicted octanol–water partition coefficient (Wildman–Crippen LogP) is 2.91. The second-order valence-corrected chi connectivity index (χ2v) is 5.07. The van der Waals surface area contributed by atoms with Crippen LogP contribution in [0.25, 0.3) is 0 Å². The fourth-order valence-electron chi connectivity index (χ4n) is 2.43. The summed E-state index contributed by atoms with van der Waals surface area (Å²) in [6.45, 7) is 2.11. The number of nitrogens with two attached hydrogens (primary N) is 1. The van der Waals surface area contributed by atoms with Crippen LogP contribution < -0.4 is 11.3 Å². The molecule has 0 saturated heterocycles. The monoisotopic (exact) mass is 240 g/mol. The molecule has 0 heterocycles. The zero-order chi connectivity index (χ0) is 12.5. The Morgan fingerprint density at radius 3 is 2.76 bits per heavy atom. The highest BCUT2D eigenvalue weighted by molar-refractivity contribution is 5.11. The van der Waals surface area contributed by atoms with Gasteiger partial charge in [-0.3, -0.25) is 11.3 Å². The summed E-state index contributed by atoms with van der Waals surface area (Å²) in [7, 11) is 1.77. The molecule has 2 atom stereocenters. The molecule has 17 heavy (non-hydrogen) atoms. The summed E-state index contributed by atoms with van der Waals surface area (Å²) in [5.41, 5.74) is 4.49. The normalized spacial score (nSPS) is 21.2. The van der Waals surface area contributed by atoms with Gasteiger partial charge in [-0.1, -0.05) is 24.5 Å². The largest absolute Gasteiger partial charge is 0.382 e. The zero-order valence-electron chi connectivity index (χ0n) is 11.4. The highest BCUT2D eigenvalue weighted by Crippen LogP contribution is 2.22. The second-order valence-electron chi connectivity index (χ2n) is 5.07. The highest BCUT2D eigenvalue weighted by Gasteiger charge is 2.14. The summed E-state index contributed by atoms with van der Waals surface area (Å²) in [4.78, 5) is 0. The van der Waals surface area contributed by atoms with Crippen molar-refractivity contribution in [1.82, 2.24) is 5.43 Å². The van der Waals surface area contributed by atoms with Gasteiger partial charge in [0.05, 0.1) is 6.10 Å². The van der Waals surface area contributed by atoms with Gasteiger partial charge >= 0.3 is 0 Å². The van der Waals surface area contributed by atoms with Crippen molar-refractivity contribution in [2.75, 3.05) is 7.11 Å². The minimum absolute atomic E-state index is 0.319. The number of rotatable bonds is 6. The lowest BCUT2D eigenvalue weighted by molar-refractivity contribution is 0.107. The lowest BCUT2D eigenvalue weighted by Gasteiger charge is -2.22. The van der Waals surface area contributed by atoms with E-state index in [4.69, 9.17) is 10.6 Å². The van der Waals surface area contributed by atoms with Crippen LogP contribution in [0.3, 0.4) is 0 Å². The Kier molecular flexibility index (Phi) is 7.49. The van der Waals surface area contributed by atoms with Crippen LogP contribution in [0.15, 0.2) is 11.6 Å². The summed E-state index contributed by atoms with van der Waals surface area (Å²) in [5.74, 6) is 5.69. The van der Waals surface area contributed by atoms with Crippen molar-refractivity contribution >= 4 is 0 Å². The van der Waals surface area contributed by atoms with Crippen LogP contribution in [0.4, 0.5) is 0 Å². The van der Waals surface area contributed by atoms with Gasteiger partial charge in [0.15, 0.2) is 0 Å². The fraction of sp³-hybridized carbons (Fsp3) is 0.857. The minimum Gasteiger partial charge on any atom is -0.382 e. The zero-order valence-corrected chi connectivity index (χ0v) is 11.4. The molecule has 0 radical (unpaired) electrons. The SMILES string of the molecule is COC(C)CCC(NN)C1=CCCCCCC1. The van der Waals surface area contributed by atoms with Crippen LogP contribution in [-0.4, -0.2) is 19.3 Å². The van der Waals surface area contributed by atoms with E-state index in [1.807, 2.05) is 0 Å². The molecule has 100 valence electrons. The van der Waals surface area contributed by atoms with E-state index in [0.29, 0.717) is 12.1 Å². The van der Waals surface area contributed by atoms with Crippen molar-refractivity contribution in [1.29, 1.82) is 0 Å². The van der Waals surface area contributed by atoms with Crippen molar-refractivity contribution in [2.45, 2.75) is 70.4 Å². The minimum atomic E-state index is 0.319. The van der Waals surface area contributed by atoms with Gasteiger partial charge in [-0.05, 0) is 45.4 Å². The third kappa shape index (κ3) is 5.66. The molecular weight excluding hydrogens is 212 g/mol. The summed E-state index contributed by atoms with van der Waals surface area (Å²) in [6, 6.07) is 0.339. The van der Waals surface area contributed by atoms with Crippen LogP contribution >= 0.6 is 0 Å². The van der Waals surface area contributed by atoms with Gasteiger partial charge in [-0.25, -0.2) is 0 Å². The van der Waals surface area contributed by atoms with Crippen LogP contribution in [0.2, 0.25) is 0 Å². The van der Waals surface area contributed by atoms with Crippen molar-refractivity contribution in [2.24, 2.45) is 5.84 Å². The molecule has 0 aromatic carbocycles. The summed E-state index contributed by atoms with van der Waals surface area (Å²) in [6.07, 6.45) is 12.7. The quantitative estimate of drug-likeness (QED) is 0.426. The van der Waals surface area contributed by atoms with Crippen molar-refractivity contribution < 1.29 is 4.74 Å². The molecule has 1 rings (SSSR count). The van der Waals surface area contributed by atoms with E-state index in [9.17, 15) is 0 Å². The van der Waals surface area contributed by atoms with Crippen molar-refractivity contribution in [3.05, 3.63) is 11.6 Å². The third-order valence-electron chi connectivity index (χ3n) is 3.74. The van der Waals surface area contributed by atoms with E-state index in [1.165, 1.54) is 44.1 Å². The molecule has 1 aliphatic rings. The molecule has 0 aromatic rings. The Hall–Kier alpha value is -0.380. The van der Waals surface area contributed by atoms with Gasteiger partial charge in [-0.15, -0.1) is 0 Å². The average Bonchev–Trinajstić information content (AvgIpc) is 2.31. The Balaban J connectivity index is 2.46. The first kappa shape index (κ1) is 14.7. The molecule has 3 nitrogen and oxygen atoms in total. The fourth-order valence-corrected chi connectivity index (χ4v) is 2.43. The molecule has 0 aromatic heterocycles. The molecule has 0 saturated carbocycles. The smallest absolute Gasteiger partial charge is 0.0543 e. The Bertz CT molecular complexity index is 228. The maximum atomic E-state index is 5.69. The van der Waals surface area contributed by atoms with E-state index < -0.39 is 0 Å². The van der Waals surface area contributed by atoms with Crippen LogP contribution in [0.1, 0.15) is 58.3 Å². The van der Waals surface area contributed by atoms with Gasteiger partial charge in [-0.2, -0.15) is 0 Å². The lowest BCUT2D eigenvalue weighted by Crippen LogP contribution is -2.37. The van der Waals surface area contributed by atoms with Crippen LogP contribution in [0, 0.1) is 0 Å². The van der Waals surface area contributed by atoms with Crippen LogP contribution in [0.5, 0.6) is 0 Å². The number of ether oxygens (including phenoxy) is 1. The van der Waals surface area contributed by atoms with Gasteiger partial charge in [0.25, 0.3) is 0 Å². The van der Waals surface area contributed by atoms with E-state index in [0.717, 1.165) is 12.8 Å². The van der Waals surface area contributed by atoms with E-state index in [2.05, 4.69) is 18.4 Å². The van der Waals surface area contributed by atoms with Gasteiger partial charge < -0.3 is 4.74 Å². The molecule has 0 amide bonds. The number of methoxy groups -OCH3 is 1. The van der Waals surface area contributed by atoms with E-state index in [1.54, 1.807) is 7.11 Å². The highest BCUT2D eigenvalue weighted by atomic mass is 16.5. The number of hydrogen-bond acceptors (Lipinski definition) is 3. The number of allylic oxidation sites excluding steroid dienone is 1. The molecule has 0 aliphatic heterocycles. The Labute approximate surface area is 106 Å². The molecular formula is C14H28N2O. The summed E-state index contributed by atoms with van der Waals surface area (Å²) >= 11 is 0. The van der Waals surface area contributed by atoms with Crippen molar-refractivity contribution in [3.8, 4) is 0 Å². The molecule has 0 fully saturated rings. The lowest BCUT2D eigenvalue weighted by atomic mass is 9.92. The predicted molar refractivity (Wildman–Crippen MR) is 72.6 cm³/mol. The maximum Gasteiger partial charge on any atom is 0.0543 e. The Morgan fingerprint density at radius 2 is 2.06 bits per heavy atom. The number of hydrazine groups is 1. The average molecular weight is 240 g/mol. The molecule has 0 bridgehead atoms. The molecule has 3 heteroatoms. The molecule has 2 unspecified atom stereocenters. The first-order chi connectivity index (χ1) is 8.27. The summed E-state index contributed by atoms with van der Waals surface area (Å²) in [5, 5.41) is 0. The molecule has 1 aliphatic carbocycles. The Morgan fingerprint density at radius 1 is 1.29 bits per heavy atom. The number of hydrogen-bond donors (Lipinski definition) is 2. The van der Waals surface area contributed by atoms with E-state index >= 15 is 0 Å². The first-order valence-corrected chi connectivity index (χ1v) is 6.95. The molecule has 3 N–H and O–H groups in total. The maximum absolute atomic E-state index is 5.69. The van der Waals surface area contributed by atoms with Gasteiger partial charge in [0, 0.05) is 13.2 Å². The van der Waals surface area contributed by atoms with E-state index in [-0.39, 0.29) is 0 Å². The van der Waals surface area contributed by atoms with Crippen LogP contribution in [-0.2, 0) is 4.74 Å². The van der Waals surface area contributed by atoms with Gasteiger partial charge in [0.2, 0.25) is 0 Å². The van der Waals surface area contributed by atoms with Crippen molar-refractivity contribution in [3.63, 3.8) is 0 Å². The van der Waals surface area contributed by atoms with Gasteiger partial charge in [0.1, 0.15) is 0 Å². The standard InChI is InChI=1S/C14H28N2O/c1-12(17-2)10-11-14(16-15)13-8-6-4-3-5-7-9-13/h8,12,14,16H,3-7,9-11,15H2,1-2H3. The first-order valence-electron chi connectivity index (χ1n) is 6.95. The summed E-state index contributed by atoms with van der Waals surface area (Å²) < 4.78 is 5.29. The topological polar surface area (TPSA) is 47.3 Å². The molecule has 0 spiro atoms.